The van der Waals surface area contributed by atoms with Crippen molar-refractivity contribution < 1.29 is 0 Å². The Morgan fingerprint density at radius 3 is 1.43 bits per heavy atom. The molecule has 0 spiro atoms. The van der Waals surface area contributed by atoms with E-state index in [2.05, 4.69) is 73.8 Å². The van der Waals surface area contributed by atoms with Crippen LogP contribution >= 0.6 is 0 Å². The lowest BCUT2D eigenvalue weighted by atomic mass is 9.95. The zero-order chi connectivity index (χ0) is 14.2. The maximum absolute atomic E-state index is 2.49. The Kier molecular flexibility index (Phi) is 1.95. The first-order chi connectivity index (χ1) is 10.2. The van der Waals surface area contributed by atoms with Crippen LogP contribution in [0.2, 0.25) is 13.1 Å². The van der Waals surface area contributed by atoms with Gasteiger partial charge in [-0.2, -0.15) is 0 Å². The highest BCUT2D eigenvalue weighted by atomic mass is 28.3. The van der Waals surface area contributed by atoms with Crippen molar-refractivity contribution in [1.29, 1.82) is 0 Å². The summed E-state index contributed by atoms with van der Waals surface area (Å²) in [7, 11) is -1.54. The van der Waals surface area contributed by atoms with Crippen LogP contribution in [0.25, 0.3) is 32.3 Å². The molecule has 100 valence electrons. The third-order valence-electron chi connectivity index (χ3n) is 5.23. The molecule has 0 unspecified atom stereocenters. The summed E-state index contributed by atoms with van der Waals surface area (Å²) >= 11 is 0. The van der Waals surface area contributed by atoms with Gasteiger partial charge in [0.2, 0.25) is 0 Å². The molecule has 4 aromatic rings. The number of fused-ring (bicyclic) bond motifs is 3. The Morgan fingerprint density at radius 2 is 0.952 bits per heavy atom. The van der Waals surface area contributed by atoms with E-state index in [4.69, 9.17) is 0 Å². The van der Waals surface area contributed by atoms with Crippen molar-refractivity contribution in [3.05, 3.63) is 60.7 Å². The van der Waals surface area contributed by atoms with Crippen LogP contribution in [0.1, 0.15) is 0 Å². The van der Waals surface area contributed by atoms with E-state index in [-0.39, 0.29) is 0 Å². The fourth-order valence-corrected chi connectivity index (χ4v) is 7.32. The summed E-state index contributed by atoms with van der Waals surface area (Å²) in [5.74, 6) is 0. The first-order valence-electron chi connectivity index (χ1n) is 7.57. The predicted molar refractivity (Wildman–Crippen MR) is 95.7 cm³/mol. The van der Waals surface area contributed by atoms with E-state index in [9.17, 15) is 0 Å². The van der Waals surface area contributed by atoms with Crippen molar-refractivity contribution in [3.63, 3.8) is 0 Å². The summed E-state index contributed by atoms with van der Waals surface area (Å²) in [6, 6.07) is 22.7. The second-order valence-electron chi connectivity index (χ2n) is 6.63. The fraction of sp³-hybridized carbons (Fsp3) is 0.100. The molecule has 0 aromatic heterocycles. The average molecular weight is 284 g/mol. The highest BCUT2D eigenvalue weighted by Crippen LogP contribution is 2.37. The quantitative estimate of drug-likeness (QED) is 0.334. The lowest BCUT2D eigenvalue weighted by Crippen LogP contribution is -2.49. The summed E-state index contributed by atoms with van der Waals surface area (Å²) in [6.07, 6.45) is 0. The highest BCUT2D eigenvalue weighted by molar-refractivity contribution is 7.05. The van der Waals surface area contributed by atoms with Crippen LogP contribution in [-0.4, -0.2) is 8.07 Å². The van der Waals surface area contributed by atoms with Gasteiger partial charge in [0, 0.05) is 0 Å². The largest absolute Gasteiger partial charge is 0.113 e. The molecule has 0 bridgehead atoms. The average Bonchev–Trinajstić information content (AvgIpc) is 2.76. The van der Waals surface area contributed by atoms with Crippen molar-refractivity contribution in [3.8, 4) is 0 Å². The molecule has 0 radical (unpaired) electrons. The van der Waals surface area contributed by atoms with Crippen molar-refractivity contribution >= 4 is 50.8 Å². The monoisotopic (exact) mass is 284 g/mol. The van der Waals surface area contributed by atoms with Crippen molar-refractivity contribution in [1.82, 2.24) is 0 Å². The molecule has 0 atom stereocenters. The van der Waals surface area contributed by atoms with Gasteiger partial charge in [-0.15, -0.1) is 0 Å². The first kappa shape index (κ1) is 11.5. The molecule has 0 nitrogen and oxygen atoms in total. The maximum Gasteiger partial charge on any atom is 0.113 e. The molecule has 0 amide bonds. The van der Waals surface area contributed by atoms with E-state index < -0.39 is 8.07 Å². The molecule has 0 fully saturated rings. The lowest BCUT2D eigenvalue weighted by molar-refractivity contribution is 1.81. The minimum Gasteiger partial charge on any atom is -0.0619 e. The van der Waals surface area contributed by atoms with Crippen molar-refractivity contribution in [2.75, 3.05) is 0 Å². The Labute approximate surface area is 125 Å². The molecule has 1 heterocycles. The number of hydrogen-bond donors (Lipinski definition) is 0. The van der Waals surface area contributed by atoms with E-state index in [1.165, 1.54) is 32.3 Å². The van der Waals surface area contributed by atoms with Gasteiger partial charge in [0.1, 0.15) is 8.07 Å². The van der Waals surface area contributed by atoms with E-state index >= 15 is 0 Å². The summed E-state index contributed by atoms with van der Waals surface area (Å²) in [5, 5.41) is 11.9. The van der Waals surface area contributed by atoms with Crippen molar-refractivity contribution in [2.45, 2.75) is 13.1 Å². The molecular weight excluding hydrogens is 268 g/mol. The first-order valence-corrected chi connectivity index (χ1v) is 10.6. The van der Waals surface area contributed by atoms with Gasteiger partial charge < -0.3 is 0 Å². The Hall–Kier alpha value is -2.12. The predicted octanol–water partition coefficient (Wildman–Crippen LogP) is 4.28. The van der Waals surface area contributed by atoms with Crippen LogP contribution in [-0.2, 0) is 0 Å². The Balaban J connectivity index is 2.26. The normalized spacial score (nSPS) is 15.5. The number of rotatable bonds is 0. The van der Waals surface area contributed by atoms with Gasteiger partial charge in [0.15, 0.2) is 0 Å². The lowest BCUT2D eigenvalue weighted by Gasteiger charge is -2.18. The Bertz CT molecular complexity index is 973. The summed E-state index contributed by atoms with van der Waals surface area (Å²) in [6.45, 7) is 4.97. The minimum absolute atomic E-state index is 1.39. The Morgan fingerprint density at radius 1 is 0.524 bits per heavy atom. The zero-order valence-corrected chi connectivity index (χ0v) is 13.3. The minimum atomic E-state index is -1.54. The van der Waals surface area contributed by atoms with Gasteiger partial charge in [0.05, 0.1) is 0 Å². The fourth-order valence-electron chi connectivity index (χ4n) is 4.23. The van der Waals surface area contributed by atoms with Gasteiger partial charge in [-0.3, -0.25) is 0 Å². The maximum atomic E-state index is 2.49. The van der Waals surface area contributed by atoms with Gasteiger partial charge in [-0.25, -0.2) is 0 Å². The standard InChI is InChI=1S/C20H16Si/c1-21(2)17-11-5-9-15-13-7-3-4-8-14(13)16-10-6-12-18(21)20(16)19(15)17/h3-12H,1-2H3. The summed E-state index contributed by atoms with van der Waals surface area (Å²) in [4.78, 5) is 0. The van der Waals surface area contributed by atoms with E-state index in [0.717, 1.165) is 0 Å². The van der Waals surface area contributed by atoms with E-state index in [1.54, 1.807) is 10.4 Å². The van der Waals surface area contributed by atoms with E-state index in [0.29, 0.717) is 0 Å². The van der Waals surface area contributed by atoms with Crippen LogP contribution in [0.3, 0.4) is 0 Å². The van der Waals surface area contributed by atoms with Crippen LogP contribution in [0, 0.1) is 0 Å². The summed E-state index contributed by atoms with van der Waals surface area (Å²) in [5.41, 5.74) is 0. The molecule has 0 saturated carbocycles. The second-order valence-corrected chi connectivity index (χ2v) is 11.0. The van der Waals surface area contributed by atoms with Gasteiger partial charge in [-0.05, 0) is 42.7 Å². The SMILES string of the molecule is C[Si]1(C)c2cccc3c4ccccc4c4cccc1c4c23. The van der Waals surface area contributed by atoms with Crippen LogP contribution < -0.4 is 10.4 Å². The number of benzene rings is 4. The molecule has 1 heteroatoms. The third kappa shape index (κ3) is 1.22. The van der Waals surface area contributed by atoms with Gasteiger partial charge >= 0.3 is 0 Å². The smallest absolute Gasteiger partial charge is 0.0619 e. The van der Waals surface area contributed by atoms with Gasteiger partial charge in [0.25, 0.3) is 0 Å². The molecule has 0 saturated heterocycles. The zero-order valence-electron chi connectivity index (χ0n) is 12.3. The third-order valence-corrected chi connectivity index (χ3v) is 8.76. The van der Waals surface area contributed by atoms with E-state index in [1.807, 2.05) is 0 Å². The van der Waals surface area contributed by atoms with Crippen LogP contribution in [0.15, 0.2) is 60.7 Å². The highest BCUT2D eigenvalue weighted by Gasteiger charge is 2.36. The molecule has 0 aliphatic carbocycles. The topological polar surface area (TPSA) is 0 Å². The van der Waals surface area contributed by atoms with Crippen molar-refractivity contribution in [2.24, 2.45) is 0 Å². The second kappa shape index (κ2) is 3.55. The summed E-state index contributed by atoms with van der Waals surface area (Å²) < 4.78 is 0. The molecule has 1 aliphatic rings. The molecule has 0 N–H and O–H groups in total. The molecule has 4 aromatic carbocycles. The number of hydrogen-bond acceptors (Lipinski definition) is 0. The van der Waals surface area contributed by atoms with Crippen LogP contribution in [0.5, 0.6) is 0 Å². The molecule has 5 rings (SSSR count). The molecule has 1 aliphatic heterocycles. The molecule has 21 heavy (non-hydrogen) atoms. The van der Waals surface area contributed by atoms with Gasteiger partial charge in [-0.1, -0.05) is 73.8 Å². The molecular formula is C20H16Si. The van der Waals surface area contributed by atoms with Crippen LogP contribution in [0.4, 0.5) is 0 Å².